The zero-order valence-corrected chi connectivity index (χ0v) is 11.8. The van der Waals surface area contributed by atoms with Crippen LogP contribution in [0.2, 0.25) is 0 Å². The van der Waals surface area contributed by atoms with Crippen molar-refractivity contribution in [2.75, 3.05) is 5.32 Å². The summed E-state index contributed by atoms with van der Waals surface area (Å²) in [6.07, 6.45) is 0. The summed E-state index contributed by atoms with van der Waals surface area (Å²) in [4.78, 5) is 11.8. The van der Waals surface area contributed by atoms with E-state index in [4.69, 9.17) is 10.9 Å². The van der Waals surface area contributed by atoms with Gasteiger partial charge >= 0.3 is 0 Å². The van der Waals surface area contributed by atoms with E-state index < -0.39 is 0 Å². The first-order valence-corrected chi connectivity index (χ1v) is 6.60. The van der Waals surface area contributed by atoms with E-state index >= 15 is 0 Å². The summed E-state index contributed by atoms with van der Waals surface area (Å²) in [5.41, 5.74) is 6.79. The number of carbonyl (C=O) groups is 1. The number of halogens is 1. The molecule has 0 spiro atoms. The van der Waals surface area contributed by atoms with E-state index in [0.29, 0.717) is 15.7 Å². The first-order chi connectivity index (χ1) is 9.11. The molecule has 0 radical (unpaired) electrons. The van der Waals surface area contributed by atoms with E-state index in [0.717, 1.165) is 11.5 Å². The van der Waals surface area contributed by atoms with E-state index in [1.54, 1.807) is 23.6 Å². The minimum absolute atomic E-state index is 0.0118. The fraction of sp³-hybridized carbons (Fsp3) is 0. The fourth-order valence-electron chi connectivity index (χ4n) is 1.28. The summed E-state index contributed by atoms with van der Waals surface area (Å²) in [6.45, 7) is 0. The summed E-state index contributed by atoms with van der Waals surface area (Å²) in [6, 6.07) is 4.88. The van der Waals surface area contributed by atoms with E-state index in [-0.39, 0.29) is 17.4 Å². The predicted octanol–water partition coefficient (Wildman–Crippen LogP) is 1.65. The van der Waals surface area contributed by atoms with Crippen molar-refractivity contribution in [3.8, 4) is 0 Å². The van der Waals surface area contributed by atoms with Gasteiger partial charge in [-0.3, -0.25) is 4.79 Å². The molecule has 2 rings (SSSR count). The van der Waals surface area contributed by atoms with Gasteiger partial charge in [-0.1, -0.05) is 9.64 Å². The van der Waals surface area contributed by atoms with Gasteiger partial charge in [-0.15, -0.1) is 5.10 Å². The second-order valence-electron chi connectivity index (χ2n) is 3.42. The normalized spacial score (nSPS) is 11.3. The molecule has 4 N–H and O–H groups in total. The molecule has 1 aromatic heterocycles. The van der Waals surface area contributed by atoms with Gasteiger partial charge in [0.05, 0.1) is 5.69 Å². The Kier molecular flexibility index (Phi) is 4.07. The lowest BCUT2D eigenvalue weighted by atomic mass is 10.2. The maximum Gasteiger partial charge on any atom is 0.277 e. The lowest BCUT2D eigenvalue weighted by molar-refractivity contribution is 0.102. The number of benzene rings is 1. The monoisotopic (exact) mass is 341 g/mol. The van der Waals surface area contributed by atoms with Crippen LogP contribution in [0.3, 0.4) is 0 Å². The molecule has 0 aliphatic carbocycles. The highest BCUT2D eigenvalue weighted by Crippen LogP contribution is 2.24. The van der Waals surface area contributed by atoms with E-state index in [2.05, 4.69) is 36.0 Å². The highest BCUT2D eigenvalue weighted by molar-refractivity contribution is 9.10. The first kappa shape index (κ1) is 13.4. The number of amidine groups is 1. The van der Waals surface area contributed by atoms with Gasteiger partial charge in [-0.2, -0.15) is 0 Å². The van der Waals surface area contributed by atoms with Gasteiger partial charge in [0.15, 0.2) is 11.5 Å². The second kappa shape index (κ2) is 5.76. The molecule has 0 bridgehead atoms. The molecule has 2 aromatic rings. The van der Waals surface area contributed by atoms with Crippen molar-refractivity contribution in [1.82, 2.24) is 9.59 Å². The summed E-state index contributed by atoms with van der Waals surface area (Å²) in [7, 11) is 0. The SMILES string of the molecule is N/C(=N/O)c1ccc(NC(=O)c2csnn2)c(Br)c1. The summed E-state index contributed by atoms with van der Waals surface area (Å²) in [5, 5.41) is 19.4. The lowest BCUT2D eigenvalue weighted by Crippen LogP contribution is -2.15. The summed E-state index contributed by atoms with van der Waals surface area (Å²) >= 11 is 4.39. The van der Waals surface area contributed by atoms with Crippen LogP contribution in [0.1, 0.15) is 16.1 Å². The number of hydrogen-bond acceptors (Lipinski definition) is 6. The number of nitrogens with two attached hydrogens (primary N) is 1. The van der Waals surface area contributed by atoms with E-state index in [1.807, 2.05) is 0 Å². The third-order valence-electron chi connectivity index (χ3n) is 2.21. The molecular weight excluding hydrogens is 334 g/mol. The van der Waals surface area contributed by atoms with Crippen LogP contribution < -0.4 is 11.1 Å². The Morgan fingerprint density at radius 3 is 2.89 bits per heavy atom. The van der Waals surface area contributed by atoms with Crippen LogP contribution in [-0.2, 0) is 0 Å². The molecule has 9 heteroatoms. The van der Waals surface area contributed by atoms with Crippen molar-refractivity contribution in [2.24, 2.45) is 10.9 Å². The van der Waals surface area contributed by atoms with Gasteiger partial charge in [-0.05, 0) is 45.7 Å². The largest absolute Gasteiger partial charge is 0.409 e. The molecule has 19 heavy (non-hydrogen) atoms. The Bertz CT molecular complexity index is 629. The van der Waals surface area contributed by atoms with Crippen molar-refractivity contribution < 1.29 is 10.0 Å². The highest BCUT2D eigenvalue weighted by Gasteiger charge is 2.11. The van der Waals surface area contributed by atoms with E-state index in [9.17, 15) is 4.79 Å². The highest BCUT2D eigenvalue weighted by atomic mass is 79.9. The number of rotatable bonds is 3. The zero-order chi connectivity index (χ0) is 13.8. The van der Waals surface area contributed by atoms with Crippen LogP contribution in [0, 0.1) is 0 Å². The second-order valence-corrected chi connectivity index (χ2v) is 4.89. The van der Waals surface area contributed by atoms with Crippen LogP contribution in [0.4, 0.5) is 5.69 Å². The number of nitrogens with zero attached hydrogens (tertiary/aromatic N) is 3. The van der Waals surface area contributed by atoms with Crippen molar-refractivity contribution in [3.05, 3.63) is 39.3 Å². The van der Waals surface area contributed by atoms with Gasteiger partial charge in [0, 0.05) is 15.4 Å². The topological polar surface area (TPSA) is 113 Å². The number of hydrogen-bond donors (Lipinski definition) is 3. The maximum absolute atomic E-state index is 11.8. The maximum atomic E-state index is 11.8. The lowest BCUT2D eigenvalue weighted by Gasteiger charge is -2.07. The third kappa shape index (κ3) is 3.06. The molecular formula is C10H8BrN5O2S. The molecule has 98 valence electrons. The summed E-state index contributed by atoms with van der Waals surface area (Å²) < 4.78 is 4.22. The minimum atomic E-state index is -0.356. The number of anilines is 1. The molecule has 0 aliphatic rings. The summed E-state index contributed by atoms with van der Waals surface area (Å²) in [5.74, 6) is -0.367. The fourth-order valence-corrected chi connectivity index (χ4v) is 2.20. The van der Waals surface area contributed by atoms with Crippen molar-refractivity contribution >= 4 is 44.9 Å². The Morgan fingerprint density at radius 2 is 2.32 bits per heavy atom. The van der Waals surface area contributed by atoms with Crippen LogP contribution in [0.5, 0.6) is 0 Å². The molecule has 1 aromatic carbocycles. The van der Waals surface area contributed by atoms with Crippen LogP contribution >= 0.6 is 27.5 Å². The Hall–Kier alpha value is -2.00. The zero-order valence-electron chi connectivity index (χ0n) is 9.37. The Morgan fingerprint density at radius 1 is 1.53 bits per heavy atom. The number of nitrogens with one attached hydrogen (secondary N) is 1. The predicted molar refractivity (Wildman–Crippen MR) is 74.5 cm³/mol. The van der Waals surface area contributed by atoms with Crippen molar-refractivity contribution in [1.29, 1.82) is 0 Å². The average molecular weight is 342 g/mol. The van der Waals surface area contributed by atoms with E-state index in [1.165, 1.54) is 0 Å². The molecule has 0 unspecified atom stereocenters. The molecule has 0 aliphatic heterocycles. The molecule has 0 atom stereocenters. The minimum Gasteiger partial charge on any atom is -0.409 e. The molecule has 0 saturated carbocycles. The average Bonchev–Trinajstić information content (AvgIpc) is 2.94. The van der Waals surface area contributed by atoms with Gasteiger partial charge in [0.25, 0.3) is 5.91 Å². The Balaban J connectivity index is 2.20. The number of amides is 1. The van der Waals surface area contributed by atoms with Gasteiger partial charge < -0.3 is 16.3 Å². The number of aromatic nitrogens is 2. The number of oxime groups is 1. The van der Waals surface area contributed by atoms with Crippen molar-refractivity contribution in [2.45, 2.75) is 0 Å². The molecule has 1 amide bonds. The van der Waals surface area contributed by atoms with Gasteiger partial charge in [0.1, 0.15) is 0 Å². The van der Waals surface area contributed by atoms with Gasteiger partial charge in [-0.25, -0.2) is 0 Å². The van der Waals surface area contributed by atoms with Crippen LogP contribution in [-0.4, -0.2) is 26.5 Å². The van der Waals surface area contributed by atoms with Gasteiger partial charge in [0.2, 0.25) is 0 Å². The molecule has 0 saturated heterocycles. The molecule has 7 nitrogen and oxygen atoms in total. The number of carbonyl (C=O) groups excluding carboxylic acids is 1. The quantitative estimate of drug-likeness (QED) is 0.340. The third-order valence-corrected chi connectivity index (χ3v) is 3.37. The smallest absolute Gasteiger partial charge is 0.277 e. The van der Waals surface area contributed by atoms with Crippen LogP contribution in [0.25, 0.3) is 0 Å². The Labute approximate surface area is 120 Å². The molecule has 0 fully saturated rings. The molecule has 1 heterocycles. The van der Waals surface area contributed by atoms with Crippen LogP contribution in [0.15, 0.2) is 33.2 Å². The van der Waals surface area contributed by atoms with Crippen molar-refractivity contribution in [3.63, 3.8) is 0 Å². The standard InChI is InChI=1S/C10H8BrN5O2S/c11-6-3-5(9(12)15-18)1-2-7(6)13-10(17)8-4-19-16-14-8/h1-4,18H,(H2,12,15)(H,13,17). The first-order valence-electron chi connectivity index (χ1n) is 4.97.